The van der Waals surface area contributed by atoms with Crippen molar-refractivity contribution in [1.82, 2.24) is 24.3 Å². The maximum atomic E-state index is 13.1. The Morgan fingerprint density at radius 3 is 2.48 bits per heavy atom. The second-order valence-corrected chi connectivity index (χ2v) is 10.6. The molecule has 2 aliphatic rings. The summed E-state index contributed by atoms with van der Waals surface area (Å²) in [5.41, 5.74) is 0.821. The average molecular weight is 450 g/mol. The summed E-state index contributed by atoms with van der Waals surface area (Å²) in [6.07, 6.45) is 4.60. The Labute approximate surface area is 183 Å². The number of piperidine rings is 1. The number of carbonyl (C=O) groups excluding carboxylic acids is 1. The molecule has 0 saturated carbocycles. The van der Waals surface area contributed by atoms with Crippen molar-refractivity contribution in [1.29, 1.82) is 0 Å². The largest absolute Gasteiger partial charge is 0.442 e. The Morgan fingerprint density at radius 1 is 1.10 bits per heavy atom. The van der Waals surface area contributed by atoms with Crippen LogP contribution in [-0.2, 0) is 10.0 Å². The molecule has 170 valence electrons. The third-order valence-corrected chi connectivity index (χ3v) is 7.66. The Hall–Kier alpha value is -2.17. The number of furan rings is 1. The standard InChI is InChI=1S/C21H31N5O4S/c1-16(2)15-24-10-12-26(13-11-24)31(28,29)19-7-6-18(30-19)20-17(14-22-23-20)21(27)25-8-4-3-5-9-25/h6-7,14,16H,3-5,8-13,15H2,1-2H3,(H,22,23). The number of aromatic nitrogens is 2. The number of hydrogen-bond acceptors (Lipinski definition) is 6. The highest BCUT2D eigenvalue weighted by Gasteiger charge is 2.32. The first kappa shape index (κ1) is 22.0. The number of aromatic amines is 1. The summed E-state index contributed by atoms with van der Waals surface area (Å²) in [5, 5.41) is 6.71. The minimum atomic E-state index is -3.73. The van der Waals surface area contributed by atoms with Gasteiger partial charge in [0.05, 0.1) is 11.8 Å². The van der Waals surface area contributed by atoms with Gasteiger partial charge in [-0.05, 0) is 37.3 Å². The van der Waals surface area contributed by atoms with Crippen molar-refractivity contribution < 1.29 is 17.6 Å². The highest BCUT2D eigenvalue weighted by molar-refractivity contribution is 7.89. The zero-order valence-corrected chi connectivity index (χ0v) is 19.0. The number of carbonyl (C=O) groups is 1. The first-order chi connectivity index (χ1) is 14.9. The molecular formula is C21H31N5O4S. The van der Waals surface area contributed by atoms with Crippen LogP contribution in [0, 0.1) is 5.92 Å². The molecule has 1 amide bonds. The number of amides is 1. The second kappa shape index (κ2) is 9.13. The van der Waals surface area contributed by atoms with E-state index < -0.39 is 10.0 Å². The molecule has 0 bridgehead atoms. The molecule has 2 fully saturated rings. The minimum absolute atomic E-state index is 0.106. The lowest BCUT2D eigenvalue weighted by molar-refractivity contribution is 0.0725. The molecule has 31 heavy (non-hydrogen) atoms. The van der Waals surface area contributed by atoms with Gasteiger partial charge in [-0.1, -0.05) is 13.8 Å². The molecule has 0 radical (unpaired) electrons. The van der Waals surface area contributed by atoms with E-state index in [9.17, 15) is 13.2 Å². The quantitative estimate of drug-likeness (QED) is 0.726. The van der Waals surface area contributed by atoms with Gasteiger partial charge >= 0.3 is 0 Å². The maximum absolute atomic E-state index is 13.1. The van der Waals surface area contributed by atoms with E-state index in [1.807, 2.05) is 4.90 Å². The van der Waals surface area contributed by atoms with E-state index >= 15 is 0 Å². The molecule has 0 aromatic carbocycles. The van der Waals surface area contributed by atoms with Gasteiger partial charge in [0, 0.05) is 45.8 Å². The van der Waals surface area contributed by atoms with Crippen LogP contribution in [0.1, 0.15) is 43.5 Å². The molecular weight excluding hydrogens is 418 g/mol. The molecule has 0 spiro atoms. The smallest absolute Gasteiger partial charge is 0.276 e. The number of hydrogen-bond donors (Lipinski definition) is 1. The SMILES string of the molecule is CC(C)CN1CCN(S(=O)(=O)c2ccc(-c3[nH]ncc3C(=O)N3CCCCC3)o2)CC1. The summed E-state index contributed by atoms with van der Waals surface area (Å²) >= 11 is 0. The van der Waals surface area contributed by atoms with Crippen LogP contribution < -0.4 is 0 Å². The first-order valence-corrected chi connectivity index (χ1v) is 12.5. The molecule has 0 unspecified atom stereocenters. The number of H-pyrrole nitrogens is 1. The summed E-state index contributed by atoms with van der Waals surface area (Å²) in [4.78, 5) is 17.0. The average Bonchev–Trinajstić information content (AvgIpc) is 3.43. The normalized spacial score (nSPS) is 19.3. The van der Waals surface area contributed by atoms with Crippen molar-refractivity contribution in [3.63, 3.8) is 0 Å². The first-order valence-electron chi connectivity index (χ1n) is 11.0. The summed E-state index contributed by atoms with van der Waals surface area (Å²) in [6, 6.07) is 3.05. The molecule has 1 N–H and O–H groups in total. The van der Waals surface area contributed by atoms with Gasteiger partial charge in [-0.25, -0.2) is 8.42 Å². The highest BCUT2D eigenvalue weighted by atomic mass is 32.2. The van der Waals surface area contributed by atoms with Gasteiger partial charge < -0.3 is 14.2 Å². The zero-order valence-electron chi connectivity index (χ0n) is 18.2. The maximum Gasteiger partial charge on any atom is 0.276 e. The number of likely N-dealkylation sites (tertiary alicyclic amines) is 1. The van der Waals surface area contributed by atoms with Gasteiger partial charge in [0.2, 0.25) is 5.09 Å². The van der Waals surface area contributed by atoms with Crippen LogP contribution in [0.15, 0.2) is 27.8 Å². The molecule has 9 nitrogen and oxygen atoms in total. The van der Waals surface area contributed by atoms with Gasteiger partial charge in [0.1, 0.15) is 5.69 Å². The van der Waals surface area contributed by atoms with E-state index in [4.69, 9.17) is 4.42 Å². The van der Waals surface area contributed by atoms with Crippen LogP contribution in [0.4, 0.5) is 0 Å². The monoisotopic (exact) mass is 449 g/mol. The van der Waals surface area contributed by atoms with Crippen molar-refractivity contribution in [3.05, 3.63) is 23.9 Å². The van der Waals surface area contributed by atoms with Crippen molar-refractivity contribution in [2.75, 3.05) is 45.8 Å². The van der Waals surface area contributed by atoms with Gasteiger partial charge in [0.15, 0.2) is 5.76 Å². The van der Waals surface area contributed by atoms with Crippen LogP contribution in [-0.4, -0.2) is 84.4 Å². The second-order valence-electron chi connectivity index (χ2n) is 8.73. The Bertz CT molecular complexity index is 999. The molecule has 2 aliphatic heterocycles. The highest BCUT2D eigenvalue weighted by Crippen LogP contribution is 2.29. The molecule has 10 heteroatoms. The van der Waals surface area contributed by atoms with Gasteiger partial charge in [-0.2, -0.15) is 9.40 Å². The molecule has 0 aliphatic carbocycles. The van der Waals surface area contributed by atoms with E-state index in [1.165, 1.54) is 16.6 Å². The van der Waals surface area contributed by atoms with E-state index in [-0.39, 0.29) is 11.0 Å². The fourth-order valence-corrected chi connectivity index (χ4v) is 5.63. The fourth-order valence-electron chi connectivity index (χ4n) is 4.29. The third-order valence-electron chi connectivity index (χ3n) is 5.89. The molecule has 4 rings (SSSR count). The number of sulfonamides is 1. The van der Waals surface area contributed by atoms with Crippen LogP contribution in [0.5, 0.6) is 0 Å². The lowest BCUT2D eigenvalue weighted by Crippen LogP contribution is -2.49. The summed E-state index contributed by atoms with van der Waals surface area (Å²) in [6.45, 7) is 9.03. The predicted octanol–water partition coefficient (Wildman–Crippen LogP) is 2.26. The van der Waals surface area contributed by atoms with E-state index in [0.29, 0.717) is 49.1 Å². The number of piperazine rings is 1. The third kappa shape index (κ3) is 4.70. The summed E-state index contributed by atoms with van der Waals surface area (Å²) < 4.78 is 33.4. The summed E-state index contributed by atoms with van der Waals surface area (Å²) in [7, 11) is -3.73. The molecule has 4 heterocycles. The Morgan fingerprint density at radius 2 is 1.81 bits per heavy atom. The van der Waals surface area contributed by atoms with Gasteiger partial charge in [0.25, 0.3) is 15.9 Å². The lowest BCUT2D eigenvalue weighted by Gasteiger charge is -2.34. The van der Waals surface area contributed by atoms with E-state index in [2.05, 4.69) is 28.9 Å². The summed E-state index contributed by atoms with van der Waals surface area (Å²) in [5.74, 6) is 0.743. The topological polar surface area (TPSA) is 103 Å². The number of nitrogens with zero attached hydrogens (tertiary/aromatic N) is 4. The van der Waals surface area contributed by atoms with Crippen LogP contribution in [0.3, 0.4) is 0 Å². The fraction of sp³-hybridized carbons (Fsp3) is 0.619. The van der Waals surface area contributed by atoms with E-state index in [1.54, 1.807) is 6.07 Å². The predicted molar refractivity (Wildman–Crippen MR) is 116 cm³/mol. The van der Waals surface area contributed by atoms with E-state index in [0.717, 1.165) is 38.9 Å². The molecule has 2 aromatic rings. The Balaban J connectivity index is 1.49. The molecule has 0 atom stereocenters. The minimum Gasteiger partial charge on any atom is -0.442 e. The molecule has 2 saturated heterocycles. The van der Waals surface area contributed by atoms with Crippen LogP contribution in [0.25, 0.3) is 11.5 Å². The lowest BCUT2D eigenvalue weighted by atomic mass is 10.1. The van der Waals surface area contributed by atoms with Crippen LogP contribution >= 0.6 is 0 Å². The van der Waals surface area contributed by atoms with Gasteiger partial charge in [-0.3, -0.25) is 9.89 Å². The number of nitrogens with one attached hydrogen (secondary N) is 1. The van der Waals surface area contributed by atoms with Crippen molar-refractivity contribution in [3.8, 4) is 11.5 Å². The van der Waals surface area contributed by atoms with Crippen LogP contribution in [0.2, 0.25) is 0 Å². The van der Waals surface area contributed by atoms with Crippen molar-refractivity contribution >= 4 is 15.9 Å². The molecule has 2 aromatic heterocycles. The van der Waals surface area contributed by atoms with Crippen molar-refractivity contribution in [2.24, 2.45) is 5.92 Å². The zero-order chi connectivity index (χ0) is 22.0. The van der Waals surface area contributed by atoms with Crippen molar-refractivity contribution in [2.45, 2.75) is 38.2 Å². The number of rotatable bonds is 6. The van der Waals surface area contributed by atoms with Gasteiger partial charge in [-0.15, -0.1) is 0 Å². The Kier molecular flexibility index (Phi) is 6.49.